The number of benzene rings is 1. The highest BCUT2D eigenvalue weighted by Gasteiger charge is 2.29. The predicted octanol–water partition coefficient (Wildman–Crippen LogP) is 3.62. The van der Waals surface area contributed by atoms with Crippen LogP contribution < -0.4 is 15.4 Å². The van der Waals surface area contributed by atoms with Gasteiger partial charge in [0.05, 0.1) is 24.7 Å². The van der Waals surface area contributed by atoms with Gasteiger partial charge in [-0.05, 0) is 51.3 Å². The number of hydrogen-bond donors (Lipinski definition) is 2. The molecule has 3 rings (SSSR count). The summed E-state index contributed by atoms with van der Waals surface area (Å²) in [6.45, 7) is 8.12. The van der Waals surface area contributed by atoms with Crippen LogP contribution in [0, 0.1) is 0 Å². The van der Waals surface area contributed by atoms with Crippen molar-refractivity contribution in [2.75, 3.05) is 37.9 Å². The smallest absolute Gasteiger partial charge is 0.263 e. The molecule has 2 N–H and O–H groups in total. The topological polar surface area (TPSA) is 103 Å². The summed E-state index contributed by atoms with van der Waals surface area (Å²) in [6, 6.07) is 6.91. The van der Waals surface area contributed by atoms with E-state index in [9.17, 15) is 4.79 Å². The van der Waals surface area contributed by atoms with E-state index in [1.54, 1.807) is 49.0 Å². The summed E-state index contributed by atoms with van der Waals surface area (Å²) in [5.41, 5.74) is -0.342. The van der Waals surface area contributed by atoms with E-state index in [0.717, 1.165) is 11.2 Å². The van der Waals surface area contributed by atoms with E-state index >= 15 is 0 Å². The zero-order valence-electron chi connectivity index (χ0n) is 19.2. The third-order valence-electron chi connectivity index (χ3n) is 4.74. The summed E-state index contributed by atoms with van der Waals surface area (Å²) >= 11 is 7.37. The van der Waals surface area contributed by atoms with Gasteiger partial charge >= 0.3 is 0 Å². The number of nitrogens with zero attached hydrogens (tertiary/aromatic N) is 4. The first-order chi connectivity index (χ1) is 15.8. The third-order valence-corrected chi connectivity index (χ3v) is 5.54. The lowest BCUT2D eigenvalue weighted by Crippen LogP contribution is -2.47. The minimum absolute atomic E-state index is 0.230. The number of amides is 1. The van der Waals surface area contributed by atoms with Crippen molar-refractivity contribution in [3.05, 3.63) is 35.5 Å². The van der Waals surface area contributed by atoms with Crippen LogP contribution in [-0.4, -0.2) is 63.8 Å². The van der Waals surface area contributed by atoms with E-state index in [2.05, 4.69) is 25.7 Å². The fourth-order valence-electron chi connectivity index (χ4n) is 3.04. The maximum absolute atomic E-state index is 12.7. The van der Waals surface area contributed by atoms with Crippen molar-refractivity contribution in [2.45, 2.75) is 38.1 Å². The molecule has 0 atom stereocenters. The summed E-state index contributed by atoms with van der Waals surface area (Å²) in [6.07, 6.45) is 3.66. The summed E-state index contributed by atoms with van der Waals surface area (Å²) in [5, 5.41) is 12.7. The van der Waals surface area contributed by atoms with Gasteiger partial charge < -0.3 is 20.1 Å². The molecule has 0 saturated heterocycles. The molecule has 3 aromatic rings. The lowest BCUT2D eigenvalue weighted by molar-refractivity contribution is -0.134. The molecule has 33 heavy (non-hydrogen) atoms. The number of carbonyl (C=O) groups is 1. The van der Waals surface area contributed by atoms with E-state index in [0.29, 0.717) is 54.4 Å². The predicted molar refractivity (Wildman–Crippen MR) is 131 cm³/mol. The Balaban J connectivity index is 1.63. The highest BCUT2D eigenvalue weighted by molar-refractivity contribution is 7.98. The number of thioether (sulfide) groups is 1. The van der Waals surface area contributed by atoms with Gasteiger partial charge in [-0.3, -0.25) is 4.79 Å². The minimum atomic E-state index is -1.05. The fraction of sp³-hybridized carbons (Fsp3) is 0.455. The van der Waals surface area contributed by atoms with Crippen LogP contribution in [0.25, 0.3) is 11.0 Å². The first-order valence-corrected chi connectivity index (χ1v) is 12.3. The summed E-state index contributed by atoms with van der Waals surface area (Å²) in [7, 11) is 0. The Morgan fingerprint density at radius 2 is 1.97 bits per heavy atom. The van der Waals surface area contributed by atoms with Gasteiger partial charge in [-0.2, -0.15) is 5.10 Å². The number of halogens is 1. The first kappa shape index (κ1) is 25.1. The molecule has 2 aromatic heterocycles. The Kier molecular flexibility index (Phi) is 8.76. The third kappa shape index (κ3) is 6.72. The Hall–Kier alpha value is -2.56. The van der Waals surface area contributed by atoms with Crippen LogP contribution in [0.3, 0.4) is 0 Å². The van der Waals surface area contributed by atoms with Crippen molar-refractivity contribution < 1.29 is 14.3 Å². The van der Waals surface area contributed by atoms with Gasteiger partial charge in [0, 0.05) is 24.7 Å². The van der Waals surface area contributed by atoms with Crippen molar-refractivity contribution in [1.82, 2.24) is 25.1 Å². The lowest BCUT2D eigenvalue weighted by Gasteiger charge is -2.25. The van der Waals surface area contributed by atoms with Crippen LogP contribution >= 0.6 is 23.4 Å². The Bertz CT molecular complexity index is 1070. The van der Waals surface area contributed by atoms with Crippen molar-refractivity contribution >= 4 is 46.1 Å². The number of hydrogen-bond acceptors (Lipinski definition) is 8. The number of fused-ring (bicyclic) bond motifs is 1. The maximum atomic E-state index is 12.7. The maximum Gasteiger partial charge on any atom is 0.263 e. The van der Waals surface area contributed by atoms with Crippen molar-refractivity contribution in [1.29, 1.82) is 0 Å². The molecule has 2 heterocycles. The van der Waals surface area contributed by atoms with Crippen LogP contribution in [0.5, 0.6) is 5.75 Å². The summed E-state index contributed by atoms with van der Waals surface area (Å²) in [4.78, 5) is 21.9. The van der Waals surface area contributed by atoms with Crippen LogP contribution in [0.4, 0.5) is 5.82 Å². The Morgan fingerprint density at radius 1 is 1.21 bits per heavy atom. The van der Waals surface area contributed by atoms with E-state index in [4.69, 9.17) is 21.1 Å². The zero-order valence-corrected chi connectivity index (χ0v) is 20.8. The van der Waals surface area contributed by atoms with Gasteiger partial charge in [0.2, 0.25) is 0 Å². The number of nitrogens with one attached hydrogen (secondary N) is 2. The monoisotopic (exact) mass is 492 g/mol. The molecular formula is C22H29ClN6O3S. The molecule has 178 valence electrons. The number of carbonyl (C=O) groups excluding carboxylic acids is 1. The molecule has 0 fully saturated rings. The molecule has 0 unspecified atom stereocenters. The first-order valence-electron chi connectivity index (χ1n) is 10.7. The SMILES string of the molecule is CCOCCNc1nc(SC)nc2c1cnn2CCNC(=O)C(C)(C)Oc1ccc(Cl)cc1. The van der Waals surface area contributed by atoms with Crippen LogP contribution in [0.1, 0.15) is 20.8 Å². The molecule has 0 aliphatic carbocycles. The molecule has 11 heteroatoms. The molecule has 0 radical (unpaired) electrons. The van der Waals surface area contributed by atoms with Crippen LogP contribution in [-0.2, 0) is 16.1 Å². The standard InChI is InChI=1S/C22H29ClN6O3S/c1-5-31-13-11-24-18-17-14-26-29(19(17)28-21(27-18)33-4)12-10-25-20(30)22(2,3)32-16-8-6-15(23)7-9-16/h6-9,14H,5,10-13H2,1-4H3,(H,25,30)(H,24,27,28). The number of rotatable bonds is 12. The molecule has 1 aromatic carbocycles. The van der Waals surface area contributed by atoms with Crippen LogP contribution in [0.2, 0.25) is 5.02 Å². The minimum Gasteiger partial charge on any atom is -0.478 e. The van der Waals surface area contributed by atoms with Crippen LogP contribution in [0.15, 0.2) is 35.6 Å². The van der Waals surface area contributed by atoms with Gasteiger partial charge in [0.1, 0.15) is 11.6 Å². The van der Waals surface area contributed by atoms with Crippen molar-refractivity contribution in [3.8, 4) is 5.75 Å². The highest BCUT2D eigenvalue weighted by atomic mass is 35.5. The molecule has 0 spiro atoms. The molecule has 1 amide bonds. The lowest BCUT2D eigenvalue weighted by atomic mass is 10.1. The van der Waals surface area contributed by atoms with Crippen molar-refractivity contribution in [2.24, 2.45) is 0 Å². The molecule has 0 bridgehead atoms. The van der Waals surface area contributed by atoms with Gasteiger partial charge in [-0.1, -0.05) is 23.4 Å². The second kappa shape index (κ2) is 11.5. The summed E-state index contributed by atoms with van der Waals surface area (Å²) < 4.78 is 13.0. The quantitative estimate of drug-likeness (QED) is 0.224. The average molecular weight is 493 g/mol. The van der Waals surface area contributed by atoms with E-state index in [1.807, 2.05) is 13.2 Å². The summed E-state index contributed by atoms with van der Waals surface area (Å²) in [5.74, 6) is 1.06. The van der Waals surface area contributed by atoms with Crippen molar-refractivity contribution in [3.63, 3.8) is 0 Å². The van der Waals surface area contributed by atoms with E-state index in [-0.39, 0.29) is 5.91 Å². The second-order valence-corrected chi connectivity index (χ2v) is 8.82. The molecule has 0 aliphatic rings. The van der Waals surface area contributed by atoms with Gasteiger partial charge in [0.15, 0.2) is 16.4 Å². The number of aromatic nitrogens is 4. The zero-order chi connectivity index (χ0) is 23.8. The van der Waals surface area contributed by atoms with E-state index in [1.165, 1.54) is 11.8 Å². The van der Waals surface area contributed by atoms with Gasteiger partial charge in [-0.25, -0.2) is 14.6 Å². The largest absolute Gasteiger partial charge is 0.478 e. The molecule has 0 saturated carbocycles. The fourth-order valence-corrected chi connectivity index (χ4v) is 3.53. The number of ether oxygens (including phenoxy) is 2. The normalized spacial score (nSPS) is 11.5. The molecular weight excluding hydrogens is 464 g/mol. The Morgan fingerprint density at radius 3 is 2.67 bits per heavy atom. The molecule has 0 aliphatic heterocycles. The Labute approximate surface area is 202 Å². The van der Waals surface area contributed by atoms with Gasteiger partial charge in [-0.15, -0.1) is 0 Å². The second-order valence-electron chi connectivity index (χ2n) is 7.61. The highest BCUT2D eigenvalue weighted by Crippen LogP contribution is 2.24. The average Bonchev–Trinajstić information content (AvgIpc) is 3.21. The van der Waals surface area contributed by atoms with E-state index < -0.39 is 5.60 Å². The number of anilines is 1. The van der Waals surface area contributed by atoms with Gasteiger partial charge in [0.25, 0.3) is 5.91 Å². The molecule has 9 nitrogen and oxygen atoms in total.